The Morgan fingerprint density at radius 3 is 2.72 bits per heavy atom. The van der Waals surface area contributed by atoms with E-state index >= 15 is 0 Å². The maximum atomic E-state index is 9.07. The van der Waals surface area contributed by atoms with Gasteiger partial charge in [-0.1, -0.05) is 15.9 Å². The number of nitrogens with one attached hydrogen (secondary N) is 1. The van der Waals surface area contributed by atoms with E-state index < -0.39 is 0 Å². The standard InChI is InChI=1S/C12H8Br2N4/c13-8-2-1-7(4-15)11(3-8)18-12-9(14)5-17-6-10(12)16/h1-3,5-6H,16H2,(H,17,18). The second-order valence-electron chi connectivity index (χ2n) is 3.51. The summed E-state index contributed by atoms with van der Waals surface area (Å²) in [6.07, 6.45) is 3.19. The predicted octanol–water partition coefficient (Wildman–Crippen LogP) is 3.80. The van der Waals surface area contributed by atoms with Crippen LogP contribution in [0.4, 0.5) is 17.1 Å². The van der Waals surface area contributed by atoms with Crippen molar-refractivity contribution >= 4 is 48.9 Å². The van der Waals surface area contributed by atoms with Gasteiger partial charge in [0.15, 0.2) is 0 Å². The summed E-state index contributed by atoms with van der Waals surface area (Å²) < 4.78 is 1.62. The van der Waals surface area contributed by atoms with Crippen LogP contribution in [-0.4, -0.2) is 4.98 Å². The van der Waals surface area contributed by atoms with Gasteiger partial charge in [0, 0.05) is 10.7 Å². The van der Waals surface area contributed by atoms with Gasteiger partial charge in [0.05, 0.1) is 33.3 Å². The Morgan fingerprint density at radius 1 is 1.28 bits per heavy atom. The molecule has 3 N–H and O–H groups in total. The van der Waals surface area contributed by atoms with Gasteiger partial charge in [-0.3, -0.25) is 4.98 Å². The Labute approximate surface area is 121 Å². The first-order valence-electron chi connectivity index (χ1n) is 4.97. The molecule has 0 aliphatic heterocycles. The summed E-state index contributed by atoms with van der Waals surface area (Å²) in [6, 6.07) is 7.50. The van der Waals surface area contributed by atoms with E-state index in [0.29, 0.717) is 22.6 Å². The third-order valence-corrected chi connectivity index (χ3v) is 3.39. The van der Waals surface area contributed by atoms with E-state index in [1.807, 2.05) is 12.1 Å². The smallest absolute Gasteiger partial charge is 0.101 e. The first-order valence-corrected chi connectivity index (χ1v) is 6.56. The van der Waals surface area contributed by atoms with Crippen LogP contribution in [0.2, 0.25) is 0 Å². The fourth-order valence-corrected chi connectivity index (χ4v) is 2.24. The van der Waals surface area contributed by atoms with Gasteiger partial charge < -0.3 is 11.1 Å². The molecule has 0 unspecified atom stereocenters. The molecule has 4 nitrogen and oxygen atoms in total. The lowest BCUT2D eigenvalue weighted by Gasteiger charge is -2.12. The summed E-state index contributed by atoms with van der Waals surface area (Å²) in [4.78, 5) is 3.96. The molecule has 1 heterocycles. The SMILES string of the molecule is N#Cc1ccc(Br)cc1Nc1c(N)cncc1Br. The molecule has 0 saturated heterocycles. The number of hydrogen-bond donors (Lipinski definition) is 2. The highest BCUT2D eigenvalue weighted by Gasteiger charge is 2.08. The molecule has 0 bridgehead atoms. The normalized spacial score (nSPS) is 9.83. The van der Waals surface area contributed by atoms with Crippen molar-refractivity contribution in [3.05, 3.63) is 45.1 Å². The molecule has 1 aromatic carbocycles. The minimum Gasteiger partial charge on any atom is -0.396 e. The van der Waals surface area contributed by atoms with E-state index in [4.69, 9.17) is 11.0 Å². The third kappa shape index (κ3) is 2.63. The molecular formula is C12H8Br2N4. The van der Waals surface area contributed by atoms with Crippen molar-refractivity contribution in [2.45, 2.75) is 0 Å². The number of nitriles is 1. The largest absolute Gasteiger partial charge is 0.396 e. The number of hydrogen-bond acceptors (Lipinski definition) is 4. The zero-order valence-corrected chi connectivity index (χ0v) is 12.3. The average Bonchev–Trinajstić information content (AvgIpc) is 2.34. The van der Waals surface area contributed by atoms with Crippen molar-refractivity contribution in [3.63, 3.8) is 0 Å². The Kier molecular flexibility index (Phi) is 3.84. The maximum absolute atomic E-state index is 9.07. The van der Waals surface area contributed by atoms with Gasteiger partial charge >= 0.3 is 0 Å². The van der Waals surface area contributed by atoms with Crippen LogP contribution in [0, 0.1) is 11.3 Å². The summed E-state index contributed by atoms with van der Waals surface area (Å²) in [5.41, 5.74) is 8.28. The number of benzene rings is 1. The molecule has 0 fully saturated rings. The number of anilines is 3. The molecule has 18 heavy (non-hydrogen) atoms. The van der Waals surface area contributed by atoms with E-state index in [1.54, 1.807) is 18.5 Å². The summed E-state index contributed by atoms with van der Waals surface area (Å²) in [6.45, 7) is 0. The van der Waals surface area contributed by atoms with Crippen LogP contribution in [0.1, 0.15) is 5.56 Å². The van der Waals surface area contributed by atoms with Gasteiger partial charge in [-0.05, 0) is 34.1 Å². The molecule has 6 heteroatoms. The second kappa shape index (κ2) is 5.38. The summed E-state index contributed by atoms with van der Waals surface area (Å²) in [5.74, 6) is 0. The molecule has 0 saturated carbocycles. The zero-order chi connectivity index (χ0) is 13.1. The molecule has 0 spiro atoms. The minimum absolute atomic E-state index is 0.508. The molecular weight excluding hydrogens is 360 g/mol. The quantitative estimate of drug-likeness (QED) is 0.846. The van der Waals surface area contributed by atoms with Crippen LogP contribution in [0.15, 0.2) is 39.5 Å². The number of halogens is 2. The average molecular weight is 368 g/mol. The monoisotopic (exact) mass is 366 g/mol. The fourth-order valence-electron chi connectivity index (χ4n) is 1.43. The molecule has 0 radical (unpaired) electrons. The van der Waals surface area contributed by atoms with Crippen LogP contribution in [0.25, 0.3) is 0 Å². The van der Waals surface area contributed by atoms with E-state index in [-0.39, 0.29) is 0 Å². The lowest BCUT2D eigenvalue weighted by Crippen LogP contribution is -2.00. The highest BCUT2D eigenvalue weighted by molar-refractivity contribution is 9.10. The molecule has 2 aromatic rings. The van der Waals surface area contributed by atoms with E-state index in [1.165, 1.54) is 0 Å². The number of aromatic nitrogens is 1. The van der Waals surface area contributed by atoms with Crippen molar-refractivity contribution in [3.8, 4) is 6.07 Å². The highest BCUT2D eigenvalue weighted by Crippen LogP contribution is 2.32. The fraction of sp³-hybridized carbons (Fsp3) is 0. The molecule has 2 rings (SSSR count). The topological polar surface area (TPSA) is 74.7 Å². The molecule has 0 atom stereocenters. The molecule has 1 aromatic heterocycles. The van der Waals surface area contributed by atoms with Crippen molar-refractivity contribution in [1.29, 1.82) is 5.26 Å². The molecule has 0 amide bonds. The minimum atomic E-state index is 0.508. The third-order valence-electron chi connectivity index (χ3n) is 2.29. The van der Waals surface area contributed by atoms with Gasteiger partial charge in [0.25, 0.3) is 0 Å². The van der Waals surface area contributed by atoms with Crippen LogP contribution in [0.3, 0.4) is 0 Å². The first-order chi connectivity index (χ1) is 8.61. The predicted molar refractivity (Wildman–Crippen MR) is 78.5 cm³/mol. The number of nitrogen functional groups attached to an aromatic ring is 1. The molecule has 0 aliphatic rings. The molecule has 0 aliphatic carbocycles. The van der Waals surface area contributed by atoms with Gasteiger partial charge in [0.2, 0.25) is 0 Å². The Bertz CT molecular complexity index is 614. The van der Waals surface area contributed by atoms with Crippen LogP contribution in [0.5, 0.6) is 0 Å². The van der Waals surface area contributed by atoms with Crippen LogP contribution < -0.4 is 11.1 Å². The van der Waals surface area contributed by atoms with Crippen LogP contribution >= 0.6 is 31.9 Å². The number of rotatable bonds is 2. The van der Waals surface area contributed by atoms with E-state index in [2.05, 4.69) is 48.2 Å². The van der Waals surface area contributed by atoms with Crippen molar-refractivity contribution in [2.75, 3.05) is 11.1 Å². The second-order valence-corrected chi connectivity index (χ2v) is 5.28. The Morgan fingerprint density at radius 2 is 2.06 bits per heavy atom. The highest BCUT2D eigenvalue weighted by atomic mass is 79.9. The van der Waals surface area contributed by atoms with Crippen molar-refractivity contribution in [2.24, 2.45) is 0 Å². The van der Waals surface area contributed by atoms with Gasteiger partial charge in [-0.25, -0.2) is 0 Å². The lowest BCUT2D eigenvalue weighted by atomic mass is 10.2. The van der Waals surface area contributed by atoms with Crippen LogP contribution in [-0.2, 0) is 0 Å². The number of pyridine rings is 1. The zero-order valence-electron chi connectivity index (χ0n) is 9.11. The van der Waals surface area contributed by atoms with Gasteiger partial charge in [0.1, 0.15) is 6.07 Å². The van der Waals surface area contributed by atoms with Crippen molar-refractivity contribution in [1.82, 2.24) is 4.98 Å². The summed E-state index contributed by atoms with van der Waals surface area (Å²) >= 11 is 6.74. The Hall–Kier alpha value is -1.58. The lowest BCUT2D eigenvalue weighted by molar-refractivity contribution is 1.31. The summed E-state index contributed by atoms with van der Waals surface area (Å²) in [5, 5.41) is 12.2. The van der Waals surface area contributed by atoms with E-state index in [0.717, 1.165) is 8.95 Å². The maximum Gasteiger partial charge on any atom is 0.101 e. The Balaban J connectivity index is 2.46. The van der Waals surface area contributed by atoms with Gasteiger partial charge in [-0.15, -0.1) is 0 Å². The first kappa shape index (κ1) is 12.9. The summed E-state index contributed by atoms with van der Waals surface area (Å²) in [7, 11) is 0. The van der Waals surface area contributed by atoms with Gasteiger partial charge in [-0.2, -0.15) is 5.26 Å². The number of nitrogens with zero attached hydrogens (tertiary/aromatic N) is 2. The molecule has 90 valence electrons. The van der Waals surface area contributed by atoms with E-state index in [9.17, 15) is 0 Å². The van der Waals surface area contributed by atoms with Crippen molar-refractivity contribution < 1.29 is 0 Å². The number of nitrogens with two attached hydrogens (primary N) is 1.